The number of carbonyl (C=O) groups excluding carboxylic acids is 4. The summed E-state index contributed by atoms with van der Waals surface area (Å²) in [5, 5.41) is 39.8. The average molecular weight is 689 g/mol. The maximum absolute atomic E-state index is 17.2. The minimum Gasteiger partial charge on any atom is -0.480 e. The highest BCUT2D eigenvalue weighted by atomic mass is 19.1. The van der Waals surface area contributed by atoms with Crippen molar-refractivity contribution in [1.82, 2.24) is 10.7 Å². The van der Waals surface area contributed by atoms with Gasteiger partial charge in [0.25, 0.3) is 0 Å². The third kappa shape index (κ3) is 6.90. The third-order valence-electron chi connectivity index (χ3n) is 11.1. The first-order chi connectivity index (χ1) is 23.1. The number of halogens is 1. The van der Waals surface area contributed by atoms with E-state index >= 15 is 4.39 Å². The van der Waals surface area contributed by atoms with Crippen LogP contribution in [-0.2, 0) is 35.1 Å². The van der Waals surface area contributed by atoms with Gasteiger partial charge in [-0.25, -0.2) is 18.8 Å². The number of benzene rings is 1. The van der Waals surface area contributed by atoms with Crippen LogP contribution in [0.2, 0.25) is 0 Å². The van der Waals surface area contributed by atoms with Crippen LogP contribution in [0.5, 0.6) is 0 Å². The number of esters is 1. The molecule has 4 aliphatic rings. The summed E-state index contributed by atoms with van der Waals surface area (Å²) in [5.74, 6) is -4.43. The number of aliphatic hydroxyl groups is 1. The minimum atomic E-state index is -2.02. The Bertz CT molecular complexity index is 1550. The van der Waals surface area contributed by atoms with Crippen molar-refractivity contribution < 1.29 is 63.3 Å². The van der Waals surface area contributed by atoms with Crippen molar-refractivity contribution in [2.24, 2.45) is 28.6 Å². The summed E-state index contributed by atoms with van der Waals surface area (Å²) in [6.45, 7) is 2.13. The van der Waals surface area contributed by atoms with Crippen LogP contribution in [0, 0.1) is 28.6 Å². The van der Waals surface area contributed by atoms with Gasteiger partial charge in [0.15, 0.2) is 29.9 Å². The number of nitrogens with zero attached hydrogens (tertiary/aromatic N) is 1. The molecule has 3 saturated carbocycles. The predicted molar refractivity (Wildman–Crippen MR) is 165 cm³/mol. The number of allylic oxidation sites excluding steroid dienone is 4. The topological polar surface area (TPSA) is 209 Å². The fraction of sp³-hybridized carbons (Fsp3) is 0.559. The lowest BCUT2D eigenvalue weighted by Gasteiger charge is -2.62. The number of hydrogen-bond donors (Lipinski definition) is 5. The first kappa shape index (κ1) is 36.3. The van der Waals surface area contributed by atoms with Crippen LogP contribution >= 0.6 is 0 Å². The van der Waals surface area contributed by atoms with Gasteiger partial charge in [0.2, 0.25) is 0 Å². The monoisotopic (exact) mass is 688 g/mol. The van der Waals surface area contributed by atoms with E-state index in [0.29, 0.717) is 43.2 Å². The Morgan fingerprint density at radius 3 is 2.45 bits per heavy atom. The van der Waals surface area contributed by atoms with Gasteiger partial charge >= 0.3 is 18.0 Å². The number of ketones is 2. The Balaban J connectivity index is 1.14. The Hall–Kier alpha value is -4.02. The smallest absolute Gasteiger partial charge is 0.408 e. The number of fused-ring (bicyclic) bond motifs is 5. The number of rotatable bonds is 12. The zero-order valence-corrected chi connectivity index (χ0v) is 27.2. The van der Waals surface area contributed by atoms with E-state index < -0.39 is 82.9 Å². The van der Waals surface area contributed by atoms with E-state index in [4.69, 9.17) is 19.9 Å². The van der Waals surface area contributed by atoms with E-state index in [2.05, 4.69) is 10.2 Å². The van der Waals surface area contributed by atoms with Crippen LogP contribution < -0.4 is 5.32 Å². The van der Waals surface area contributed by atoms with E-state index in [-0.39, 0.29) is 30.3 Å². The number of nitrogens with one attached hydrogen (secondary N) is 1. The molecule has 0 aliphatic heterocycles. The number of aliphatic carboxylic acids is 1. The first-order valence-corrected chi connectivity index (χ1v) is 16.2. The zero-order valence-electron chi connectivity index (χ0n) is 27.2. The standard InChI is InChI=1S/C34H41FN2O12/c1-32-16-28(40)34(35)24(8-7-21-15-22(38)11-13-33(21,34)2)23(32)9-10-25(32)27(39)18-48-31(44)36-26(29(41)42)17-47-30(43)20-5-3-19(4-6-20)12-14-49-37(45)46/h3-6,11,13,15,23-26,28,40,45-46H,7-10,12,14,16-18H2,1-2H3,(H,36,44)(H,41,42)/t23?,24-,25?,26?,28-,32-,33-,34?/m0/s1. The summed E-state index contributed by atoms with van der Waals surface area (Å²) in [4.78, 5) is 66.7. The van der Waals surface area contributed by atoms with Crippen LogP contribution in [-0.4, -0.2) is 93.3 Å². The molecule has 0 heterocycles. The first-order valence-electron chi connectivity index (χ1n) is 16.2. The Labute approximate surface area is 281 Å². The molecular weight excluding hydrogens is 647 g/mol. The Morgan fingerprint density at radius 2 is 1.78 bits per heavy atom. The second kappa shape index (κ2) is 14.1. The molecule has 49 heavy (non-hydrogen) atoms. The lowest BCUT2D eigenvalue weighted by atomic mass is 9.45. The molecule has 266 valence electrons. The summed E-state index contributed by atoms with van der Waals surface area (Å²) in [5.41, 5.74) is -2.47. The molecule has 0 spiro atoms. The van der Waals surface area contributed by atoms with Gasteiger partial charge in [0.05, 0.1) is 23.7 Å². The molecule has 0 aromatic heterocycles. The van der Waals surface area contributed by atoms with Crippen molar-refractivity contribution in [1.29, 1.82) is 0 Å². The maximum atomic E-state index is 17.2. The maximum Gasteiger partial charge on any atom is 0.408 e. The molecule has 8 atom stereocenters. The van der Waals surface area contributed by atoms with E-state index in [9.17, 15) is 34.2 Å². The second-order valence-electron chi connectivity index (χ2n) is 13.7. The molecule has 0 saturated heterocycles. The summed E-state index contributed by atoms with van der Waals surface area (Å²) in [6, 6.07) is 4.28. The molecule has 14 nitrogen and oxygen atoms in total. The van der Waals surface area contributed by atoms with Crippen molar-refractivity contribution in [2.45, 2.75) is 70.2 Å². The lowest BCUT2D eigenvalue weighted by molar-refractivity contribution is -0.492. The number of alkyl halides is 1. The fourth-order valence-electron chi connectivity index (χ4n) is 8.63. The van der Waals surface area contributed by atoms with Crippen molar-refractivity contribution in [2.75, 3.05) is 19.8 Å². The average Bonchev–Trinajstić information content (AvgIpc) is 3.39. The Morgan fingerprint density at radius 1 is 1.06 bits per heavy atom. The summed E-state index contributed by atoms with van der Waals surface area (Å²) in [7, 11) is 0. The summed E-state index contributed by atoms with van der Waals surface area (Å²) < 4.78 is 27.4. The van der Waals surface area contributed by atoms with Gasteiger partial charge in [0, 0.05) is 17.3 Å². The van der Waals surface area contributed by atoms with Crippen LogP contribution in [0.4, 0.5) is 9.18 Å². The SMILES string of the molecule is C[C@]12C[C@H](O)C3(F)[C@@H](CCC4=CC(=O)C=C[C@@]43C)C1CCC2C(=O)COC(=O)NC(COC(=O)c1ccc(CCON(O)O)cc1)C(=O)O. The molecular formula is C34H41FN2O12. The van der Waals surface area contributed by atoms with Crippen LogP contribution in [0.25, 0.3) is 0 Å². The fourth-order valence-corrected chi connectivity index (χ4v) is 8.63. The number of carbonyl (C=O) groups is 5. The van der Waals surface area contributed by atoms with E-state index in [1.807, 2.05) is 6.92 Å². The summed E-state index contributed by atoms with van der Waals surface area (Å²) in [6.07, 6.45) is 3.94. The van der Waals surface area contributed by atoms with E-state index in [0.717, 1.165) is 0 Å². The molecule has 0 bridgehead atoms. The molecule has 4 aliphatic carbocycles. The van der Waals surface area contributed by atoms with E-state index in [1.54, 1.807) is 25.1 Å². The normalized spacial score (nSPS) is 32.3. The van der Waals surface area contributed by atoms with Gasteiger partial charge < -0.3 is 25.0 Å². The van der Waals surface area contributed by atoms with Crippen molar-refractivity contribution >= 4 is 29.6 Å². The zero-order chi connectivity index (χ0) is 35.7. The Kier molecular flexibility index (Phi) is 10.4. The second-order valence-corrected chi connectivity index (χ2v) is 13.7. The van der Waals surface area contributed by atoms with Crippen molar-refractivity contribution in [3.8, 4) is 0 Å². The van der Waals surface area contributed by atoms with E-state index in [1.165, 1.54) is 24.3 Å². The van der Waals surface area contributed by atoms with Gasteiger partial charge in [-0.05, 0) is 86.6 Å². The number of Topliss-reactive ketones (excluding diaryl/α,β-unsaturated/α-hetero) is 1. The quantitative estimate of drug-likeness (QED) is 0.158. The van der Waals surface area contributed by atoms with Crippen LogP contribution in [0.1, 0.15) is 61.9 Å². The molecule has 5 rings (SSSR count). The molecule has 3 fully saturated rings. The third-order valence-corrected chi connectivity index (χ3v) is 11.1. The highest BCUT2D eigenvalue weighted by Crippen LogP contribution is 2.68. The molecule has 1 aromatic rings. The number of ether oxygens (including phenoxy) is 2. The van der Waals surface area contributed by atoms with Crippen molar-refractivity contribution in [3.05, 3.63) is 59.2 Å². The molecule has 1 amide bonds. The van der Waals surface area contributed by atoms with Crippen molar-refractivity contribution in [3.63, 3.8) is 0 Å². The molecule has 0 radical (unpaired) electrons. The summed E-state index contributed by atoms with van der Waals surface area (Å²) >= 11 is 0. The number of carboxylic acids is 1. The number of amides is 1. The molecule has 4 unspecified atom stereocenters. The largest absolute Gasteiger partial charge is 0.480 e. The van der Waals surface area contributed by atoms with Gasteiger partial charge in [-0.3, -0.25) is 24.8 Å². The molecule has 15 heteroatoms. The minimum absolute atomic E-state index is 0.00763. The van der Waals surface area contributed by atoms with Crippen LogP contribution in [0.15, 0.2) is 48.1 Å². The highest BCUT2D eigenvalue weighted by molar-refractivity contribution is 6.01. The number of aliphatic hydroxyl groups excluding tert-OH is 1. The van der Waals surface area contributed by atoms with Crippen LogP contribution in [0.3, 0.4) is 0 Å². The highest BCUT2D eigenvalue weighted by Gasteiger charge is 2.70. The number of alkyl carbamates (subject to hydrolysis) is 1. The molecule has 5 N–H and O–H groups in total. The predicted octanol–water partition coefficient (Wildman–Crippen LogP) is 3.13. The number of hydrogen-bond acceptors (Lipinski definition) is 12. The van der Waals surface area contributed by atoms with Gasteiger partial charge in [0.1, 0.15) is 6.61 Å². The van der Waals surface area contributed by atoms with Gasteiger partial charge in [-0.1, -0.05) is 30.7 Å². The molecule has 1 aromatic carbocycles. The lowest BCUT2D eigenvalue weighted by Crippen LogP contribution is -2.66. The number of carboxylic acid groups (broad SMARTS) is 1. The van der Waals surface area contributed by atoms with Gasteiger partial charge in [-0.2, -0.15) is 0 Å². The van der Waals surface area contributed by atoms with Gasteiger partial charge in [-0.15, -0.1) is 0 Å².